The molecule has 2 heterocycles. The summed E-state index contributed by atoms with van der Waals surface area (Å²) in [7, 11) is -1.86. The van der Waals surface area contributed by atoms with E-state index in [9.17, 15) is 13.2 Å². The molecule has 0 amide bonds. The van der Waals surface area contributed by atoms with Crippen LogP contribution < -0.4 is 4.72 Å². The Morgan fingerprint density at radius 2 is 2.26 bits per heavy atom. The Balaban J connectivity index is 2.14. The molecule has 0 saturated carbocycles. The molecule has 0 fully saturated rings. The number of aryl methyl sites for hydroxylation is 1. The number of sulfonamides is 1. The number of thiophene rings is 1. The summed E-state index contributed by atoms with van der Waals surface area (Å²) in [5, 5.41) is 10.1. The lowest BCUT2D eigenvalue weighted by Gasteiger charge is -2.05. The van der Waals surface area contributed by atoms with Crippen LogP contribution in [0.15, 0.2) is 34.0 Å². The van der Waals surface area contributed by atoms with Crippen LogP contribution in [0.2, 0.25) is 0 Å². The maximum atomic E-state index is 12.0. The Hall–Kier alpha value is -1.64. The molecular formula is C11H12N2O4S2. The number of carboxylic acid groups (broad SMARTS) is 1. The van der Waals surface area contributed by atoms with E-state index in [1.165, 1.54) is 5.38 Å². The Labute approximate surface area is 114 Å². The predicted molar refractivity (Wildman–Crippen MR) is 70.7 cm³/mol. The largest absolute Gasteiger partial charge is 0.478 e. The van der Waals surface area contributed by atoms with E-state index in [1.807, 2.05) is 19.3 Å². The van der Waals surface area contributed by atoms with Gasteiger partial charge in [0.05, 0.1) is 12.1 Å². The molecule has 0 radical (unpaired) electrons. The highest BCUT2D eigenvalue weighted by atomic mass is 32.2. The van der Waals surface area contributed by atoms with Crippen LogP contribution in [0, 0.1) is 0 Å². The fraction of sp³-hybridized carbons (Fsp3) is 0.182. The summed E-state index contributed by atoms with van der Waals surface area (Å²) in [6.07, 6.45) is 1.82. The van der Waals surface area contributed by atoms with Gasteiger partial charge in [-0.1, -0.05) is 0 Å². The minimum atomic E-state index is -3.67. The maximum absolute atomic E-state index is 12.0. The Bertz CT molecular complexity index is 700. The van der Waals surface area contributed by atoms with Crippen LogP contribution in [0.25, 0.3) is 0 Å². The molecule has 2 aromatic rings. The van der Waals surface area contributed by atoms with Gasteiger partial charge in [-0.2, -0.15) is 0 Å². The SMILES string of the molecule is Cn1cccc1CNS(=O)(=O)c1cc(C(=O)O)cs1. The molecule has 0 aliphatic carbocycles. The summed E-state index contributed by atoms with van der Waals surface area (Å²) in [6, 6.07) is 4.78. The predicted octanol–water partition coefficient (Wildman–Crippen LogP) is 1.26. The zero-order valence-electron chi connectivity index (χ0n) is 10.0. The van der Waals surface area contributed by atoms with E-state index in [1.54, 1.807) is 10.6 Å². The van der Waals surface area contributed by atoms with Crippen molar-refractivity contribution in [1.29, 1.82) is 0 Å². The van der Waals surface area contributed by atoms with E-state index in [0.717, 1.165) is 23.1 Å². The molecule has 0 spiro atoms. The topological polar surface area (TPSA) is 88.4 Å². The number of rotatable bonds is 5. The van der Waals surface area contributed by atoms with Crippen molar-refractivity contribution in [1.82, 2.24) is 9.29 Å². The lowest BCUT2D eigenvalue weighted by molar-refractivity contribution is 0.0697. The van der Waals surface area contributed by atoms with E-state index < -0.39 is 16.0 Å². The standard InChI is InChI=1S/C11H12N2O4S2/c1-13-4-2-3-9(13)6-12-19(16,17)10-5-8(7-18-10)11(14)15/h2-5,7,12H,6H2,1H3,(H,14,15). The number of hydrogen-bond acceptors (Lipinski definition) is 4. The van der Waals surface area contributed by atoms with Gasteiger partial charge in [-0.05, 0) is 18.2 Å². The van der Waals surface area contributed by atoms with Gasteiger partial charge in [-0.15, -0.1) is 11.3 Å². The molecule has 2 aromatic heterocycles. The summed E-state index contributed by atoms with van der Waals surface area (Å²) in [4.78, 5) is 10.7. The quantitative estimate of drug-likeness (QED) is 0.870. The minimum absolute atomic E-state index is 0.000825. The van der Waals surface area contributed by atoms with E-state index in [4.69, 9.17) is 5.11 Å². The van der Waals surface area contributed by atoms with Crippen molar-refractivity contribution in [3.63, 3.8) is 0 Å². The van der Waals surface area contributed by atoms with Crippen LogP contribution in [0.3, 0.4) is 0 Å². The van der Waals surface area contributed by atoms with Gasteiger partial charge in [0.15, 0.2) is 0 Å². The average Bonchev–Trinajstić information content (AvgIpc) is 2.95. The first-order valence-corrected chi connectivity index (χ1v) is 7.68. The van der Waals surface area contributed by atoms with Crippen LogP contribution in [0.5, 0.6) is 0 Å². The van der Waals surface area contributed by atoms with Gasteiger partial charge < -0.3 is 9.67 Å². The van der Waals surface area contributed by atoms with Gasteiger partial charge in [0, 0.05) is 24.3 Å². The van der Waals surface area contributed by atoms with Crippen molar-refractivity contribution in [2.75, 3.05) is 0 Å². The second-order valence-corrected chi connectivity index (χ2v) is 6.80. The molecule has 19 heavy (non-hydrogen) atoms. The molecule has 0 aliphatic rings. The molecule has 0 unspecified atom stereocenters. The van der Waals surface area contributed by atoms with Crippen LogP contribution in [0.4, 0.5) is 0 Å². The second kappa shape index (κ2) is 5.16. The van der Waals surface area contributed by atoms with Gasteiger partial charge in [-0.3, -0.25) is 0 Å². The highest BCUT2D eigenvalue weighted by Gasteiger charge is 2.18. The molecule has 8 heteroatoms. The van der Waals surface area contributed by atoms with E-state index in [0.29, 0.717) is 0 Å². The third-order valence-electron chi connectivity index (χ3n) is 2.58. The summed E-state index contributed by atoms with van der Waals surface area (Å²) >= 11 is 0.888. The van der Waals surface area contributed by atoms with Gasteiger partial charge in [0.2, 0.25) is 10.0 Å². The summed E-state index contributed by atoms with van der Waals surface area (Å²) in [5.74, 6) is -1.14. The number of nitrogens with zero attached hydrogens (tertiary/aromatic N) is 1. The smallest absolute Gasteiger partial charge is 0.336 e. The van der Waals surface area contributed by atoms with Crippen LogP contribution >= 0.6 is 11.3 Å². The Morgan fingerprint density at radius 3 is 2.79 bits per heavy atom. The van der Waals surface area contributed by atoms with E-state index in [2.05, 4.69) is 4.72 Å². The first kappa shape index (κ1) is 13.8. The molecule has 2 rings (SSSR count). The van der Waals surface area contributed by atoms with Crippen molar-refractivity contribution in [3.8, 4) is 0 Å². The van der Waals surface area contributed by atoms with Crippen LogP contribution in [0.1, 0.15) is 16.1 Å². The van der Waals surface area contributed by atoms with E-state index >= 15 is 0 Å². The lowest BCUT2D eigenvalue weighted by atomic mass is 10.4. The monoisotopic (exact) mass is 300 g/mol. The molecule has 0 atom stereocenters. The number of hydrogen-bond donors (Lipinski definition) is 2. The highest BCUT2D eigenvalue weighted by molar-refractivity contribution is 7.91. The van der Waals surface area contributed by atoms with E-state index in [-0.39, 0.29) is 16.3 Å². The van der Waals surface area contributed by atoms with Gasteiger partial charge in [0.25, 0.3) is 0 Å². The minimum Gasteiger partial charge on any atom is -0.478 e. The van der Waals surface area contributed by atoms with Crippen molar-refractivity contribution >= 4 is 27.3 Å². The average molecular weight is 300 g/mol. The fourth-order valence-electron chi connectivity index (χ4n) is 1.49. The first-order valence-electron chi connectivity index (χ1n) is 5.32. The maximum Gasteiger partial charge on any atom is 0.336 e. The fourth-order valence-corrected chi connectivity index (χ4v) is 3.69. The summed E-state index contributed by atoms with van der Waals surface area (Å²) in [6.45, 7) is 0.159. The third-order valence-corrected chi connectivity index (χ3v) is 5.42. The Kier molecular flexibility index (Phi) is 3.74. The van der Waals surface area contributed by atoms with Gasteiger partial charge >= 0.3 is 5.97 Å². The zero-order chi connectivity index (χ0) is 14.0. The third kappa shape index (κ3) is 3.03. The van der Waals surface area contributed by atoms with Crippen LogP contribution in [-0.2, 0) is 23.6 Å². The molecule has 6 nitrogen and oxygen atoms in total. The molecular weight excluding hydrogens is 288 g/mol. The molecule has 0 aromatic carbocycles. The molecule has 102 valence electrons. The van der Waals surface area contributed by atoms with Gasteiger partial charge in [0.1, 0.15) is 4.21 Å². The highest BCUT2D eigenvalue weighted by Crippen LogP contribution is 2.20. The van der Waals surface area contributed by atoms with Crippen molar-refractivity contribution in [2.45, 2.75) is 10.8 Å². The lowest BCUT2D eigenvalue weighted by Crippen LogP contribution is -2.23. The van der Waals surface area contributed by atoms with Gasteiger partial charge in [-0.25, -0.2) is 17.9 Å². The summed E-state index contributed by atoms with van der Waals surface area (Å²) < 4.78 is 28.2. The molecule has 2 N–H and O–H groups in total. The number of aromatic carboxylic acids is 1. The first-order chi connectivity index (χ1) is 8.90. The zero-order valence-corrected chi connectivity index (χ0v) is 11.7. The normalized spacial score (nSPS) is 11.6. The molecule has 0 bridgehead atoms. The van der Waals surface area contributed by atoms with Crippen LogP contribution in [-0.4, -0.2) is 24.1 Å². The summed E-state index contributed by atoms with van der Waals surface area (Å²) in [5.41, 5.74) is 0.794. The number of carboxylic acids is 1. The number of carbonyl (C=O) groups is 1. The number of aromatic nitrogens is 1. The number of nitrogens with one attached hydrogen (secondary N) is 1. The van der Waals surface area contributed by atoms with Crippen molar-refractivity contribution < 1.29 is 18.3 Å². The second-order valence-electron chi connectivity index (χ2n) is 3.89. The Morgan fingerprint density at radius 1 is 1.53 bits per heavy atom. The van der Waals surface area contributed by atoms with Crippen molar-refractivity contribution in [3.05, 3.63) is 41.0 Å². The van der Waals surface area contributed by atoms with Crippen molar-refractivity contribution in [2.24, 2.45) is 7.05 Å². The molecule has 0 saturated heterocycles. The molecule has 0 aliphatic heterocycles.